The van der Waals surface area contributed by atoms with Gasteiger partial charge < -0.3 is 5.32 Å². The van der Waals surface area contributed by atoms with Crippen molar-refractivity contribution in [2.45, 2.75) is 45.6 Å². The molecule has 90 valence electrons. The van der Waals surface area contributed by atoms with Crippen molar-refractivity contribution in [1.82, 2.24) is 5.32 Å². The Morgan fingerprint density at radius 1 is 1.38 bits per heavy atom. The van der Waals surface area contributed by atoms with Crippen LogP contribution in [-0.4, -0.2) is 12.6 Å². The smallest absolute Gasteiger partial charge is 0.00953 e. The van der Waals surface area contributed by atoms with Gasteiger partial charge in [-0.3, -0.25) is 0 Å². The normalized spacial score (nSPS) is 30.5. The lowest BCUT2D eigenvalue weighted by molar-refractivity contribution is 0.230. The number of hydrogen-bond acceptors (Lipinski definition) is 2. The van der Waals surface area contributed by atoms with E-state index in [4.69, 9.17) is 0 Å². The molecule has 3 atom stereocenters. The Labute approximate surface area is 103 Å². The van der Waals surface area contributed by atoms with Gasteiger partial charge in [0.2, 0.25) is 0 Å². The molecule has 0 amide bonds. The topological polar surface area (TPSA) is 12.0 Å². The lowest BCUT2D eigenvalue weighted by Gasteiger charge is -2.33. The van der Waals surface area contributed by atoms with E-state index in [-0.39, 0.29) is 0 Å². The van der Waals surface area contributed by atoms with Crippen LogP contribution in [-0.2, 0) is 6.42 Å². The largest absolute Gasteiger partial charge is 0.313 e. The highest BCUT2D eigenvalue weighted by atomic mass is 32.1. The SMILES string of the molecule is CC1CCC(C)C(NCCc2ccsc2)C1. The zero-order valence-electron chi connectivity index (χ0n) is 10.4. The second-order valence-corrected chi connectivity index (χ2v) is 6.12. The van der Waals surface area contributed by atoms with Gasteiger partial charge in [-0.15, -0.1) is 0 Å². The van der Waals surface area contributed by atoms with Crippen molar-refractivity contribution in [3.63, 3.8) is 0 Å². The van der Waals surface area contributed by atoms with E-state index < -0.39 is 0 Å². The zero-order valence-corrected chi connectivity index (χ0v) is 11.2. The first-order valence-electron chi connectivity index (χ1n) is 6.50. The van der Waals surface area contributed by atoms with Crippen molar-refractivity contribution in [2.75, 3.05) is 6.54 Å². The van der Waals surface area contributed by atoms with E-state index in [0.717, 1.165) is 24.4 Å². The standard InChI is InChI=1S/C14H23NS/c1-11-3-4-12(2)14(9-11)15-7-5-13-6-8-16-10-13/h6,8,10-12,14-15H,3-5,7,9H2,1-2H3. The van der Waals surface area contributed by atoms with E-state index >= 15 is 0 Å². The molecule has 0 saturated heterocycles. The van der Waals surface area contributed by atoms with E-state index in [9.17, 15) is 0 Å². The van der Waals surface area contributed by atoms with Gasteiger partial charge >= 0.3 is 0 Å². The lowest BCUT2D eigenvalue weighted by Crippen LogP contribution is -2.40. The monoisotopic (exact) mass is 237 g/mol. The molecule has 0 aliphatic heterocycles. The Morgan fingerprint density at radius 3 is 3.00 bits per heavy atom. The van der Waals surface area contributed by atoms with Crippen LogP contribution in [0.4, 0.5) is 0 Å². The van der Waals surface area contributed by atoms with E-state index in [1.54, 1.807) is 11.3 Å². The van der Waals surface area contributed by atoms with Crippen LogP contribution < -0.4 is 5.32 Å². The van der Waals surface area contributed by atoms with Crippen molar-refractivity contribution in [2.24, 2.45) is 11.8 Å². The zero-order chi connectivity index (χ0) is 11.4. The van der Waals surface area contributed by atoms with Gasteiger partial charge in [0.25, 0.3) is 0 Å². The fourth-order valence-corrected chi connectivity index (χ4v) is 3.36. The van der Waals surface area contributed by atoms with Crippen molar-refractivity contribution in [1.29, 1.82) is 0 Å². The summed E-state index contributed by atoms with van der Waals surface area (Å²) < 4.78 is 0. The lowest BCUT2D eigenvalue weighted by atomic mass is 9.80. The number of thiophene rings is 1. The van der Waals surface area contributed by atoms with Gasteiger partial charge in [-0.2, -0.15) is 11.3 Å². The second-order valence-electron chi connectivity index (χ2n) is 5.34. The molecule has 2 heteroatoms. The summed E-state index contributed by atoms with van der Waals surface area (Å²) in [7, 11) is 0. The maximum Gasteiger partial charge on any atom is 0.00953 e. The minimum absolute atomic E-state index is 0.752. The van der Waals surface area contributed by atoms with Gasteiger partial charge in [-0.05, 0) is 60.0 Å². The van der Waals surface area contributed by atoms with E-state index in [2.05, 4.69) is 36.0 Å². The summed E-state index contributed by atoms with van der Waals surface area (Å²) in [6.07, 6.45) is 5.37. The van der Waals surface area contributed by atoms with Crippen molar-refractivity contribution in [3.8, 4) is 0 Å². The number of rotatable bonds is 4. The van der Waals surface area contributed by atoms with Crippen LogP contribution in [0.25, 0.3) is 0 Å². The third kappa shape index (κ3) is 3.33. The summed E-state index contributed by atoms with van der Waals surface area (Å²) in [5.41, 5.74) is 1.48. The van der Waals surface area contributed by atoms with Crippen LogP contribution in [0.3, 0.4) is 0 Å². The van der Waals surface area contributed by atoms with E-state index in [1.165, 1.54) is 31.2 Å². The molecule has 1 aliphatic rings. The molecule has 1 aromatic heterocycles. The van der Waals surface area contributed by atoms with Gasteiger partial charge in [0.15, 0.2) is 0 Å². The molecule has 0 radical (unpaired) electrons. The molecule has 0 spiro atoms. The second kappa shape index (κ2) is 5.83. The van der Waals surface area contributed by atoms with Crippen molar-refractivity contribution >= 4 is 11.3 Å². The number of hydrogen-bond donors (Lipinski definition) is 1. The predicted molar refractivity (Wildman–Crippen MR) is 72.0 cm³/mol. The molecule has 1 aromatic rings. The van der Waals surface area contributed by atoms with Crippen LogP contribution in [0.5, 0.6) is 0 Å². The minimum Gasteiger partial charge on any atom is -0.313 e. The summed E-state index contributed by atoms with van der Waals surface area (Å²) in [4.78, 5) is 0. The average molecular weight is 237 g/mol. The first-order valence-corrected chi connectivity index (χ1v) is 7.44. The molecule has 1 saturated carbocycles. The number of nitrogens with one attached hydrogen (secondary N) is 1. The van der Waals surface area contributed by atoms with Crippen molar-refractivity contribution in [3.05, 3.63) is 22.4 Å². The van der Waals surface area contributed by atoms with Crippen LogP contribution in [0.15, 0.2) is 16.8 Å². The van der Waals surface area contributed by atoms with Crippen LogP contribution >= 0.6 is 11.3 Å². The molecule has 1 heterocycles. The molecule has 0 aromatic carbocycles. The van der Waals surface area contributed by atoms with E-state index in [0.29, 0.717) is 0 Å². The molecule has 16 heavy (non-hydrogen) atoms. The third-order valence-electron chi connectivity index (χ3n) is 3.86. The Morgan fingerprint density at radius 2 is 2.25 bits per heavy atom. The summed E-state index contributed by atoms with van der Waals surface area (Å²) in [6.45, 7) is 5.92. The maximum absolute atomic E-state index is 3.74. The predicted octanol–water partition coefficient (Wildman–Crippen LogP) is 3.70. The Hall–Kier alpha value is -0.340. The van der Waals surface area contributed by atoms with Crippen molar-refractivity contribution < 1.29 is 0 Å². The quantitative estimate of drug-likeness (QED) is 0.842. The average Bonchev–Trinajstić information content (AvgIpc) is 2.76. The molecular formula is C14H23NS. The summed E-state index contributed by atoms with van der Waals surface area (Å²) in [5, 5.41) is 8.17. The van der Waals surface area contributed by atoms with Crippen LogP contribution in [0.1, 0.15) is 38.7 Å². The molecule has 2 rings (SSSR count). The molecule has 1 nitrogen and oxygen atoms in total. The highest BCUT2D eigenvalue weighted by Crippen LogP contribution is 2.28. The maximum atomic E-state index is 3.74. The van der Waals surface area contributed by atoms with Gasteiger partial charge in [0.1, 0.15) is 0 Å². The third-order valence-corrected chi connectivity index (χ3v) is 4.59. The molecule has 1 fully saturated rings. The highest BCUT2D eigenvalue weighted by Gasteiger charge is 2.24. The molecule has 0 bridgehead atoms. The summed E-state index contributed by atoms with van der Waals surface area (Å²) >= 11 is 1.80. The molecule has 1 aliphatic carbocycles. The summed E-state index contributed by atoms with van der Waals surface area (Å²) in [5.74, 6) is 1.77. The molecule has 3 unspecified atom stereocenters. The minimum atomic E-state index is 0.752. The fourth-order valence-electron chi connectivity index (χ4n) is 2.65. The van der Waals surface area contributed by atoms with Gasteiger partial charge in [0.05, 0.1) is 0 Å². The Bertz CT molecular complexity index is 294. The summed E-state index contributed by atoms with van der Waals surface area (Å²) in [6, 6.07) is 2.99. The molecular weight excluding hydrogens is 214 g/mol. The van der Waals surface area contributed by atoms with Gasteiger partial charge in [-0.25, -0.2) is 0 Å². The fraction of sp³-hybridized carbons (Fsp3) is 0.714. The van der Waals surface area contributed by atoms with Crippen LogP contribution in [0, 0.1) is 11.8 Å². The first kappa shape index (κ1) is 12.1. The Kier molecular flexibility index (Phi) is 4.42. The van der Waals surface area contributed by atoms with Crippen LogP contribution in [0.2, 0.25) is 0 Å². The van der Waals surface area contributed by atoms with E-state index in [1.807, 2.05) is 0 Å². The van der Waals surface area contributed by atoms with Gasteiger partial charge in [-0.1, -0.05) is 20.3 Å². The first-order chi connectivity index (χ1) is 7.75. The highest BCUT2D eigenvalue weighted by molar-refractivity contribution is 7.07. The Balaban J connectivity index is 1.72. The molecule has 1 N–H and O–H groups in total. The van der Waals surface area contributed by atoms with Gasteiger partial charge in [0, 0.05) is 6.04 Å².